The fraction of sp³-hybridized carbons (Fsp3) is 0.292. The molecule has 0 aliphatic carbocycles. The predicted octanol–water partition coefficient (Wildman–Crippen LogP) is 6.37. The van der Waals surface area contributed by atoms with E-state index in [0.29, 0.717) is 27.6 Å². The Labute approximate surface area is 196 Å². The van der Waals surface area contributed by atoms with Crippen LogP contribution in [-0.4, -0.2) is 28.6 Å². The molecular formula is C24H25N3O3S2. The number of ether oxygens (including phenoxy) is 1. The number of aromatic nitrogens is 1. The number of amides is 1. The molecule has 166 valence electrons. The van der Waals surface area contributed by atoms with Crippen LogP contribution >= 0.6 is 23.6 Å². The molecule has 0 spiro atoms. The Morgan fingerprint density at radius 1 is 1.28 bits per heavy atom. The zero-order valence-corrected chi connectivity index (χ0v) is 19.8. The number of nitrogens with one attached hydrogen (secondary N) is 1. The van der Waals surface area contributed by atoms with E-state index in [4.69, 9.17) is 17.0 Å². The van der Waals surface area contributed by atoms with E-state index in [1.807, 2.05) is 32.0 Å². The Kier molecular flexibility index (Phi) is 7.67. The van der Waals surface area contributed by atoms with E-state index in [9.17, 15) is 15.2 Å². The second-order valence-corrected chi connectivity index (χ2v) is 9.24. The van der Waals surface area contributed by atoms with Crippen molar-refractivity contribution in [1.29, 1.82) is 5.26 Å². The summed E-state index contributed by atoms with van der Waals surface area (Å²) >= 11 is 6.62. The molecule has 3 rings (SSSR count). The van der Waals surface area contributed by atoms with Crippen LogP contribution in [0.5, 0.6) is 5.75 Å². The molecule has 0 unspecified atom stereocenters. The van der Waals surface area contributed by atoms with Crippen molar-refractivity contribution < 1.29 is 14.6 Å². The average molecular weight is 468 g/mol. The number of aliphatic hydroxyl groups is 1. The molecule has 0 aliphatic rings. The van der Waals surface area contributed by atoms with Crippen molar-refractivity contribution >= 4 is 51.1 Å². The maximum Gasteiger partial charge on any atom is 0.273 e. The highest BCUT2D eigenvalue weighted by atomic mass is 32.1. The van der Waals surface area contributed by atoms with Crippen molar-refractivity contribution in [3.8, 4) is 11.8 Å². The van der Waals surface area contributed by atoms with Crippen LogP contribution in [0.25, 0.3) is 16.0 Å². The standard InChI is InChI=1S/C24H25N3O3S2/c1-4-5-12-30-18-9-6-16(7-10-18)22(28)19(14-25)23(29)27(15(2)3)17-8-11-20-21(13-17)32-24(31)26-20/h6-11,13,15,28H,4-5,12H2,1-3H3,(H,26,31). The number of rotatable bonds is 8. The SMILES string of the molecule is CCCCOc1ccc(C(O)=C(C#N)C(=O)N(c2ccc3[nH]c(=S)sc3c2)C(C)C)cc1. The Balaban J connectivity index is 1.93. The first kappa shape index (κ1) is 23.5. The predicted molar refractivity (Wildman–Crippen MR) is 132 cm³/mol. The summed E-state index contributed by atoms with van der Waals surface area (Å²) in [6, 6.07) is 13.9. The molecule has 0 fully saturated rings. The molecule has 2 N–H and O–H groups in total. The molecule has 0 aliphatic heterocycles. The van der Waals surface area contributed by atoms with Gasteiger partial charge in [0.05, 0.1) is 16.8 Å². The lowest BCUT2D eigenvalue weighted by Gasteiger charge is -2.27. The first-order valence-corrected chi connectivity index (χ1v) is 11.6. The summed E-state index contributed by atoms with van der Waals surface area (Å²) in [5.41, 5.74) is 1.57. The van der Waals surface area contributed by atoms with Crippen LogP contribution in [-0.2, 0) is 4.79 Å². The summed E-state index contributed by atoms with van der Waals surface area (Å²) in [5.74, 6) is -0.255. The summed E-state index contributed by atoms with van der Waals surface area (Å²) in [4.78, 5) is 17.9. The van der Waals surface area contributed by atoms with Gasteiger partial charge in [0.2, 0.25) is 0 Å². The van der Waals surface area contributed by atoms with Gasteiger partial charge >= 0.3 is 0 Å². The fourth-order valence-corrected chi connectivity index (χ4v) is 4.39. The van der Waals surface area contributed by atoms with Crippen molar-refractivity contribution in [3.63, 3.8) is 0 Å². The monoisotopic (exact) mass is 467 g/mol. The van der Waals surface area contributed by atoms with E-state index in [1.54, 1.807) is 30.3 Å². The van der Waals surface area contributed by atoms with Gasteiger partial charge in [-0.05, 0) is 75.0 Å². The molecule has 8 heteroatoms. The summed E-state index contributed by atoms with van der Waals surface area (Å²) in [6.07, 6.45) is 1.99. The molecule has 2 aromatic carbocycles. The van der Waals surface area contributed by atoms with Crippen molar-refractivity contribution in [2.75, 3.05) is 11.5 Å². The van der Waals surface area contributed by atoms with Crippen LogP contribution < -0.4 is 9.64 Å². The van der Waals surface area contributed by atoms with Gasteiger partial charge in [-0.15, -0.1) is 11.3 Å². The van der Waals surface area contributed by atoms with E-state index in [0.717, 1.165) is 23.1 Å². The molecule has 0 saturated heterocycles. The number of hydrogen-bond acceptors (Lipinski definition) is 6. The molecule has 0 bridgehead atoms. The molecule has 1 aromatic heterocycles. The van der Waals surface area contributed by atoms with Gasteiger partial charge in [-0.25, -0.2) is 0 Å². The highest BCUT2D eigenvalue weighted by molar-refractivity contribution is 7.73. The maximum absolute atomic E-state index is 13.3. The van der Waals surface area contributed by atoms with Gasteiger partial charge < -0.3 is 19.7 Å². The average Bonchev–Trinajstić information content (AvgIpc) is 3.14. The number of anilines is 1. The number of fused-ring (bicyclic) bond motifs is 1. The highest BCUT2D eigenvalue weighted by Gasteiger charge is 2.26. The zero-order chi connectivity index (χ0) is 23.3. The van der Waals surface area contributed by atoms with Gasteiger partial charge in [-0.1, -0.05) is 13.3 Å². The maximum atomic E-state index is 13.3. The van der Waals surface area contributed by atoms with Crippen molar-refractivity contribution in [3.05, 3.63) is 57.6 Å². The lowest BCUT2D eigenvalue weighted by Crippen LogP contribution is -2.38. The number of carbonyl (C=O) groups excluding carboxylic acids is 1. The number of benzene rings is 2. The summed E-state index contributed by atoms with van der Waals surface area (Å²) in [6.45, 7) is 6.41. The van der Waals surface area contributed by atoms with E-state index in [2.05, 4.69) is 11.9 Å². The van der Waals surface area contributed by atoms with Crippen molar-refractivity contribution in [2.45, 2.75) is 39.7 Å². The molecular weight excluding hydrogens is 442 g/mol. The van der Waals surface area contributed by atoms with E-state index in [-0.39, 0.29) is 17.4 Å². The second kappa shape index (κ2) is 10.4. The minimum absolute atomic E-state index is 0.239. The molecule has 1 amide bonds. The third-order valence-electron chi connectivity index (χ3n) is 4.87. The summed E-state index contributed by atoms with van der Waals surface area (Å²) in [7, 11) is 0. The largest absolute Gasteiger partial charge is 0.506 e. The number of aromatic amines is 1. The smallest absolute Gasteiger partial charge is 0.273 e. The second-order valence-electron chi connectivity index (χ2n) is 7.53. The van der Waals surface area contributed by atoms with Gasteiger partial charge in [0.15, 0.2) is 9.53 Å². The Bertz CT molecular complexity index is 1230. The number of H-pyrrole nitrogens is 1. The third-order valence-corrected chi connectivity index (χ3v) is 6.07. The number of hydrogen-bond donors (Lipinski definition) is 2. The van der Waals surface area contributed by atoms with Gasteiger partial charge in [-0.2, -0.15) is 5.26 Å². The van der Waals surface area contributed by atoms with Crippen molar-refractivity contribution in [1.82, 2.24) is 4.98 Å². The van der Waals surface area contributed by atoms with E-state index >= 15 is 0 Å². The number of thiazole rings is 1. The quantitative estimate of drug-likeness (QED) is 0.132. The molecule has 32 heavy (non-hydrogen) atoms. The minimum atomic E-state index is -0.568. The molecule has 0 saturated carbocycles. The minimum Gasteiger partial charge on any atom is -0.506 e. The summed E-state index contributed by atoms with van der Waals surface area (Å²) in [5, 5.41) is 20.5. The van der Waals surface area contributed by atoms with Gasteiger partial charge in [0.25, 0.3) is 5.91 Å². The first-order chi connectivity index (χ1) is 15.3. The normalized spacial score (nSPS) is 11.8. The van der Waals surface area contributed by atoms with Crippen LogP contribution in [0.4, 0.5) is 5.69 Å². The van der Waals surface area contributed by atoms with Gasteiger partial charge in [-0.3, -0.25) is 4.79 Å². The van der Waals surface area contributed by atoms with Gasteiger partial charge in [0, 0.05) is 17.3 Å². The highest BCUT2D eigenvalue weighted by Crippen LogP contribution is 2.29. The number of nitriles is 1. The molecule has 1 heterocycles. The third kappa shape index (κ3) is 5.18. The first-order valence-electron chi connectivity index (χ1n) is 10.4. The number of aliphatic hydroxyl groups excluding tert-OH is 1. The molecule has 6 nitrogen and oxygen atoms in total. The zero-order valence-electron chi connectivity index (χ0n) is 18.2. The van der Waals surface area contributed by atoms with E-state index < -0.39 is 5.91 Å². The lowest BCUT2D eigenvalue weighted by atomic mass is 10.1. The van der Waals surface area contributed by atoms with Crippen LogP contribution in [0.3, 0.4) is 0 Å². The van der Waals surface area contributed by atoms with Crippen LogP contribution in [0, 0.1) is 15.3 Å². The van der Waals surface area contributed by atoms with Crippen LogP contribution in [0.2, 0.25) is 0 Å². The van der Waals surface area contributed by atoms with Crippen LogP contribution in [0.15, 0.2) is 48.0 Å². The summed E-state index contributed by atoms with van der Waals surface area (Å²) < 4.78 is 7.20. The number of carbonyl (C=O) groups is 1. The Morgan fingerprint density at radius 3 is 2.62 bits per heavy atom. The number of unbranched alkanes of at least 4 members (excludes halogenated alkanes) is 1. The molecule has 0 atom stereocenters. The Hall–Kier alpha value is -3.15. The molecule has 3 aromatic rings. The topological polar surface area (TPSA) is 89.3 Å². The lowest BCUT2D eigenvalue weighted by molar-refractivity contribution is -0.115. The molecule has 0 radical (unpaired) electrons. The van der Waals surface area contributed by atoms with Crippen molar-refractivity contribution in [2.24, 2.45) is 0 Å². The van der Waals surface area contributed by atoms with E-state index in [1.165, 1.54) is 16.2 Å². The van der Waals surface area contributed by atoms with Crippen LogP contribution in [0.1, 0.15) is 39.2 Å². The number of nitrogens with zero attached hydrogens (tertiary/aromatic N) is 2. The van der Waals surface area contributed by atoms with Gasteiger partial charge in [0.1, 0.15) is 17.6 Å². The fourth-order valence-electron chi connectivity index (χ4n) is 3.24. The Morgan fingerprint density at radius 2 is 2.00 bits per heavy atom.